The maximum atomic E-state index is 13.0. The van der Waals surface area contributed by atoms with E-state index in [1.54, 1.807) is 0 Å². The maximum absolute atomic E-state index is 13.0. The molecule has 190 valence electrons. The molecule has 0 saturated carbocycles. The van der Waals surface area contributed by atoms with Crippen molar-refractivity contribution in [3.05, 3.63) is 108 Å². The minimum atomic E-state index is -0.0327. The van der Waals surface area contributed by atoms with E-state index in [1.165, 1.54) is 11.3 Å². The van der Waals surface area contributed by atoms with Crippen molar-refractivity contribution in [2.75, 3.05) is 49.5 Å². The fraction of sp³-hybridized carbons (Fsp3) is 0.258. The maximum Gasteiger partial charge on any atom is 0.251 e. The third kappa shape index (κ3) is 6.60. The summed E-state index contributed by atoms with van der Waals surface area (Å²) in [5.74, 6) is -0.0327. The van der Waals surface area contributed by atoms with E-state index in [1.807, 2.05) is 54.7 Å². The number of aromatic nitrogens is 1. The number of benzene rings is 3. The number of rotatable bonds is 10. The molecule has 0 unspecified atom stereocenters. The van der Waals surface area contributed by atoms with Gasteiger partial charge in [0.2, 0.25) is 0 Å². The predicted octanol–water partition coefficient (Wildman–Crippen LogP) is 5.24. The Balaban J connectivity index is 1.12. The van der Waals surface area contributed by atoms with E-state index in [2.05, 4.69) is 67.9 Å². The summed E-state index contributed by atoms with van der Waals surface area (Å²) >= 11 is 0. The number of amides is 1. The smallest absolute Gasteiger partial charge is 0.251 e. The van der Waals surface area contributed by atoms with Crippen molar-refractivity contribution < 1.29 is 4.79 Å². The van der Waals surface area contributed by atoms with Crippen LogP contribution >= 0.6 is 0 Å². The lowest BCUT2D eigenvalue weighted by Gasteiger charge is -2.36. The lowest BCUT2D eigenvalue weighted by atomic mass is 10.0. The zero-order chi connectivity index (χ0) is 25.3. The third-order valence-electron chi connectivity index (χ3n) is 6.93. The lowest BCUT2D eigenvalue weighted by Crippen LogP contribution is -2.47. The van der Waals surface area contributed by atoms with Crippen LogP contribution in [0.3, 0.4) is 0 Å². The second-order valence-electron chi connectivity index (χ2n) is 9.46. The number of carbonyl (C=O) groups is 1. The van der Waals surface area contributed by atoms with Gasteiger partial charge < -0.3 is 20.5 Å². The molecule has 3 N–H and O–H groups in total. The summed E-state index contributed by atoms with van der Waals surface area (Å²) < 4.78 is 0. The van der Waals surface area contributed by atoms with Crippen molar-refractivity contribution in [2.45, 2.75) is 13.0 Å². The molecule has 1 amide bonds. The highest BCUT2D eigenvalue weighted by atomic mass is 16.1. The van der Waals surface area contributed by atoms with Crippen LogP contribution in [0, 0.1) is 0 Å². The zero-order valence-corrected chi connectivity index (χ0v) is 21.2. The first kappa shape index (κ1) is 24.7. The second-order valence-corrected chi connectivity index (χ2v) is 9.46. The van der Waals surface area contributed by atoms with E-state index < -0.39 is 0 Å². The van der Waals surface area contributed by atoms with Gasteiger partial charge in [-0.25, -0.2) is 0 Å². The molecular formula is C31H35N5O. The molecule has 1 fully saturated rings. The van der Waals surface area contributed by atoms with Crippen molar-refractivity contribution in [3.63, 3.8) is 0 Å². The standard InChI is InChI=1S/C31H35N5O/c37-31(33-17-8-18-35-19-21-36(22-20-35)27-11-5-2-6-12-27)26-14-15-28(29-13-7-16-32-29)30(23-26)34-24-25-9-3-1-4-10-25/h1-7,9-16,23,32,34H,8,17-22,24H2,(H,33,37). The van der Waals surface area contributed by atoms with Crippen LogP contribution in [0.2, 0.25) is 0 Å². The van der Waals surface area contributed by atoms with Crippen LogP contribution in [0.1, 0.15) is 22.3 Å². The van der Waals surface area contributed by atoms with E-state index in [9.17, 15) is 4.79 Å². The lowest BCUT2D eigenvalue weighted by molar-refractivity contribution is 0.0951. The Kier molecular flexibility index (Phi) is 8.18. The SMILES string of the molecule is O=C(NCCCN1CCN(c2ccccc2)CC1)c1ccc(-c2ccc[nH]2)c(NCc2ccccc2)c1. The monoisotopic (exact) mass is 493 g/mol. The van der Waals surface area contributed by atoms with Gasteiger partial charge in [0, 0.05) is 73.7 Å². The molecule has 37 heavy (non-hydrogen) atoms. The van der Waals surface area contributed by atoms with Gasteiger partial charge in [-0.2, -0.15) is 0 Å². The number of piperazine rings is 1. The van der Waals surface area contributed by atoms with Gasteiger partial charge in [0.15, 0.2) is 0 Å². The number of nitrogens with zero attached hydrogens (tertiary/aromatic N) is 2. The molecule has 1 aliphatic rings. The van der Waals surface area contributed by atoms with Crippen LogP contribution in [0.4, 0.5) is 11.4 Å². The Labute approximate surface area is 219 Å². The number of hydrogen-bond donors (Lipinski definition) is 3. The normalized spacial score (nSPS) is 13.9. The molecule has 6 nitrogen and oxygen atoms in total. The Morgan fingerprint density at radius 1 is 0.838 bits per heavy atom. The van der Waals surface area contributed by atoms with E-state index in [-0.39, 0.29) is 5.91 Å². The second kappa shape index (κ2) is 12.3. The van der Waals surface area contributed by atoms with E-state index in [0.717, 1.165) is 56.1 Å². The summed E-state index contributed by atoms with van der Waals surface area (Å²) in [6, 6.07) is 30.8. The van der Waals surface area contributed by atoms with E-state index in [4.69, 9.17) is 0 Å². The van der Waals surface area contributed by atoms with Crippen molar-refractivity contribution in [1.82, 2.24) is 15.2 Å². The van der Waals surface area contributed by atoms with Crippen molar-refractivity contribution in [1.29, 1.82) is 0 Å². The number of nitrogens with one attached hydrogen (secondary N) is 3. The first-order valence-electron chi connectivity index (χ1n) is 13.1. The number of anilines is 2. The molecule has 1 saturated heterocycles. The molecular weight excluding hydrogens is 458 g/mol. The summed E-state index contributed by atoms with van der Waals surface area (Å²) in [6.07, 6.45) is 2.86. The van der Waals surface area contributed by atoms with Crippen molar-refractivity contribution in [3.8, 4) is 11.3 Å². The molecule has 3 aromatic carbocycles. The molecule has 1 aromatic heterocycles. The Bertz CT molecular complexity index is 1250. The van der Waals surface area contributed by atoms with Gasteiger partial charge in [-0.05, 0) is 54.9 Å². The molecule has 4 aromatic rings. The minimum Gasteiger partial charge on any atom is -0.380 e. The Morgan fingerprint density at radius 3 is 2.32 bits per heavy atom. The average Bonchev–Trinajstić information content (AvgIpc) is 3.50. The fourth-order valence-electron chi connectivity index (χ4n) is 4.83. The molecule has 0 bridgehead atoms. The molecule has 0 radical (unpaired) electrons. The van der Waals surface area contributed by atoms with Crippen LogP contribution in [0.15, 0.2) is 97.2 Å². The Hall–Kier alpha value is -4.03. The topological polar surface area (TPSA) is 63.4 Å². The largest absolute Gasteiger partial charge is 0.380 e. The first-order chi connectivity index (χ1) is 18.3. The van der Waals surface area contributed by atoms with Crippen LogP contribution in [0.5, 0.6) is 0 Å². The zero-order valence-electron chi connectivity index (χ0n) is 21.2. The van der Waals surface area contributed by atoms with Gasteiger partial charge in [0.25, 0.3) is 5.91 Å². The van der Waals surface area contributed by atoms with Crippen molar-refractivity contribution >= 4 is 17.3 Å². The highest BCUT2D eigenvalue weighted by molar-refractivity contribution is 5.96. The summed E-state index contributed by atoms with van der Waals surface area (Å²) in [7, 11) is 0. The van der Waals surface area contributed by atoms with E-state index in [0.29, 0.717) is 18.7 Å². The highest BCUT2D eigenvalue weighted by Gasteiger charge is 2.17. The number of H-pyrrole nitrogens is 1. The quantitative estimate of drug-likeness (QED) is 0.265. The number of carbonyl (C=O) groups excluding carboxylic acids is 1. The van der Waals surface area contributed by atoms with Crippen LogP contribution in [-0.2, 0) is 6.54 Å². The van der Waals surface area contributed by atoms with Crippen molar-refractivity contribution in [2.24, 2.45) is 0 Å². The predicted molar refractivity (Wildman–Crippen MR) is 152 cm³/mol. The van der Waals surface area contributed by atoms with Crippen LogP contribution in [0.25, 0.3) is 11.3 Å². The van der Waals surface area contributed by atoms with Crippen LogP contribution < -0.4 is 15.5 Å². The number of aromatic amines is 1. The first-order valence-corrected chi connectivity index (χ1v) is 13.1. The molecule has 2 heterocycles. The highest BCUT2D eigenvalue weighted by Crippen LogP contribution is 2.28. The number of hydrogen-bond acceptors (Lipinski definition) is 4. The molecule has 0 aliphatic carbocycles. The third-order valence-corrected chi connectivity index (χ3v) is 6.93. The van der Waals surface area contributed by atoms with Gasteiger partial charge in [0.1, 0.15) is 0 Å². The molecule has 1 aliphatic heterocycles. The van der Waals surface area contributed by atoms with Gasteiger partial charge in [-0.15, -0.1) is 0 Å². The molecule has 6 heteroatoms. The van der Waals surface area contributed by atoms with Gasteiger partial charge in [0.05, 0.1) is 0 Å². The fourth-order valence-corrected chi connectivity index (χ4v) is 4.83. The molecule has 5 rings (SSSR count). The van der Waals surface area contributed by atoms with Gasteiger partial charge in [-0.1, -0.05) is 54.6 Å². The number of para-hydroxylation sites is 1. The Morgan fingerprint density at radius 2 is 1.59 bits per heavy atom. The molecule has 0 atom stereocenters. The summed E-state index contributed by atoms with van der Waals surface area (Å²) in [5, 5.41) is 6.64. The average molecular weight is 494 g/mol. The van der Waals surface area contributed by atoms with E-state index >= 15 is 0 Å². The van der Waals surface area contributed by atoms with Crippen LogP contribution in [-0.4, -0.2) is 55.1 Å². The van der Waals surface area contributed by atoms with Gasteiger partial charge in [-0.3, -0.25) is 9.69 Å². The summed E-state index contributed by atoms with van der Waals surface area (Å²) in [4.78, 5) is 21.2. The summed E-state index contributed by atoms with van der Waals surface area (Å²) in [5.41, 5.74) is 6.17. The van der Waals surface area contributed by atoms with Gasteiger partial charge >= 0.3 is 0 Å². The minimum absolute atomic E-state index is 0.0327. The molecule has 0 spiro atoms. The summed E-state index contributed by atoms with van der Waals surface area (Å²) in [6.45, 7) is 6.56.